The topological polar surface area (TPSA) is 38.7 Å². The maximum atomic E-state index is 4.86. The standard InChI is InChI=1S/C32H18N3.Ir/c1-2-7-22-20(5-1)6-3-8-23(22)21-10-11-24-30(17-21)32(29-9-4-14-35-31(24)29)27-12-15-33-18-25(27)26-19-34-16-13-28(26)32;/h1-10,12-19H;/q-1;. The molecule has 0 unspecified atom stereocenters. The monoisotopic (exact) mass is 637 g/mol. The van der Waals surface area contributed by atoms with Gasteiger partial charge < -0.3 is 4.98 Å². The van der Waals surface area contributed by atoms with Crippen LogP contribution in [0, 0.1) is 6.07 Å². The van der Waals surface area contributed by atoms with E-state index in [1.165, 1.54) is 38.6 Å². The Morgan fingerprint density at radius 3 is 2.19 bits per heavy atom. The number of benzene rings is 3. The summed E-state index contributed by atoms with van der Waals surface area (Å²) in [6, 6.07) is 31.8. The third-order valence-electron chi connectivity index (χ3n) is 7.63. The molecule has 0 amide bonds. The summed E-state index contributed by atoms with van der Waals surface area (Å²) in [6.45, 7) is 0. The molecule has 3 nitrogen and oxygen atoms in total. The molecule has 0 aliphatic heterocycles. The van der Waals surface area contributed by atoms with Gasteiger partial charge in [-0.1, -0.05) is 65.2 Å². The fraction of sp³-hybridized carbons (Fsp3) is 0.0312. The summed E-state index contributed by atoms with van der Waals surface area (Å²) >= 11 is 0. The van der Waals surface area contributed by atoms with Gasteiger partial charge in [-0.3, -0.25) is 9.97 Å². The Balaban J connectivity index is 0.00000220. The first-order valence-corrected chi connectivity index (χ1v) is 11.8. The van der Waals surface area contributed by atoms with Crippen molar-refractivity contribution in [2.75, 3.05) is 0 Å². The first kappa shape index (κ1) is 21.3. The Bertz CT molecular complexity index is 1760. The van der Waals surface area contributed by atoms with Crippen molar-refractivity contribution >= 4 is 10.8 Å². The number of aromatic nitrogens is 3. The average molecular weight is 637 g/mol. The van der Waals surface area contributed by atoms with Gasteiger partial charge in [-0.2, -0.15) is 0 Å². The quantitative estimate of drug-likeness (QED) is 0.186. The molecule has 2 aliphatic carbocycles. The first-order valence-electron chi connectivity index (χ1n) is 11.8. The predicted octanol–water partition coefficient (Wildman–Crippen LogP) is 6.83. The van der Waals surface area contributed by atoms with Crippen LogP contribution in [0.25, 0.3) is 44.3 Å². The van der Waals surface area contributed by atoms with E-state index >= 15 is 0 Å². The molecule has 3 heterocycles. The van der Waals surface area contributed by atoms with E-state index < -0.39 is 5.41 Å². The Labute approximate surface area is 222 Å². The summed E-state index contributed by atoms with van der Waals surface area (Å²) in [5, 5.41) is 2.48. The van der Waals surface area contributed by atoms with Gasteiger partial charge in [0, 0.05) is 67.6 Å². The van der Waals surface area contributed by atoms with Crippen molar-refractivity contribution in [2.45, 2.75) is 5.41 Å². The molecule has 0 saturated carbocycles. The molecule has 0 bridgehead atoms. The molecule has 1 spiro atoms. The Hall–Kier alpha value is -3.98. The van der Waals surface area contributed by atoms with Gasteiger partial charge in [0.1, 0.15) is 0 Å². The van der Waals surface area contributed by atoms with Crippen molar-refractivity contribution in [3.8, 4) is 33.5 Å². The van der Waals surface area contributed by atoms with Gasteiger partial charge in [-0.25, -0.2) is 0 Å². The minimum Gasteiger partial charge on any atom is -0.304 e. The number of rotatable bonds is 1. The summed E-state index contributed by atoms with van der Waals surface area (Å²) < 4.78 is 0. The third kappa shape index (κ3) is 2.58. The normalized spacial score (nSPS) is 13.6. The predicted molar refractivity (Wildman–Crippen MR) is 138 cm³/mol. The molecule has 0 N–H and O–H groups in total. The Morgan fingerprint density at radius 1 is 0.639 bits per heavy atom. The maximum Gasteiger partial charge on any atom is 0.0350 e. The Kier molecular flexibility index (Phi) is 4.59. The molecule has 3 aromatic heterocycles. The summed E-state index contributed by atoms with van der Waals surface area (Å²) in [6.07, 6.45) is 9.61. The van der Waals surface area contributed by atoms with Crippen LogP contribution in [0.5, 0.6) is 0 Å². The number of fused-ring (bicyclic) bond motifs is 11. The van der Waals surface area contributed by atoms with Crippen molar-refractivity contribution in [3.63, 3.8) is 0 Å². The van der Waals surface area contributed by atoms with Gasteiger partial charge in [0.15, 0.2) is 0 Å². The van der Waals surface area contributed by atoms with Crippen LogP contribution in [0.2, 0.25) is 0 Å². The first-order chi connectivity index (χ1) is 17.4. The fourth-order valence-corrected chi connectivity index (χ4v) is 6.27. The van der Waals surface area contributed by atoms with Crippen LogP contribution in [0.3, 0.4) is 0 Å². The van der Waals surface area contributed by atoms with E-state index in [0.29, 0.717) is 0 Å². The van der Waals surface area contributed by atoms with E-state index in [0.717, 1.165) is 27.9 Å². The minimum atomic E-state index is -0.466. The van der Waals surface area contributed by atoms with Crippen LogP contribution in [-0.4, -0.2) is 15.0 Å². The van der Waals surface area contributed by atoms with Crippen molar-refractivity contribution in [1.82, 2.24) is 15.0 Å². The summed E-state index contributed by atoms with van der Waals surface area (Å²) in [5.41, 5.74) is 11.1. The molecule has 0 saturated heterocycles. The van der Waals surface area contributed by atoms with E-state index in [-0.39, 0.29) is 20.1 Å². The van der Waals surface area contributed by atoms with Gasteiger partial charge in [-0.15, -0.1) is 29.3 Å². The molecular formula is C32H18IrN3-. The summed E-state index contributed by atoms with van der Waals surface area (Å²) in [4.78, 5) is 13.8. The summed E-state index contributed by atoms with van der Waals surface area (Å²) in [5.74, 6) is 0. The van der Waals surface area contributed by atoms with E-state index in [2.05, 4.69) is 88.8 Å². The fourth-order valence-electron chi connectivity index (χ4n) is 6.27. The Morgan fingerprint density at radius 2 is 1.39 bits per heavy atom. The van der Waals surface area contributed by atoms with E-state index in [4.69, 9.17) is 4.98 Å². The zero-order valence-electron chi connectivity index (χ0n) is 19.1. The SMILES string of the molecule is [Ir].[c-]1cc(-c2cccc3ccccc23)cc2c1-c1ncccc1C21c2ccncc2-c2cnccc21. The molecule has 0 fully saturated rings. The second-order valence-corrected chi connectivity index (χ2v) is 9.20. The van der Waals surface area contributed by atoms with Crippen LogP contribution in [0.1, 0.15) is 22.3 Å². The van der Waals surface area contributed by atoms with Gasteiger partial charge in [0.25, 0.3) is 0 Å². The van der Waals surface area contributed by atoms with Gasteiger partial charge in [-0.05, 0) is 45.8 Å². The number of hydrogen-bond donors (Lipinski definition) is 0. The van der Waals surface area contributed by atoms with Gasteiger partial charge >= 0.3 is 0 Å². The van der Waals surface area contributed by atoms with Crippen LogP contribution in [0.15, 0.2) is 110 Å². The minimum absolute atomic E-state index is 0. The second kappa shape index (κ2) is 7.76. The number of nitrogens with zero attached hydrogens (tertiary/aromatic N) is 3. The third-order valence-corrected chi connectivity index (χ3v) is 7.63. The zero-order chi connectivity index (χ0) is 23.0. The molecule has 4 heteroatoms. The van der Waals surface area contributed by atoms with Crippen LogP contribution in [-0.2, 0) is 25.5 Å². The molecular weight excluding hydrogens is 619 g/mol. The molecule has 6 aromatic rings. The van der Waals surface area contributed by atoms with E-state index in [1.807, 2.05) is 37.1 Å². The average Bonchev–Trinajstić information content (AvgIpc) is 3.40. The smallest absolute Gasteiger partial charge is 0.0350 e. The van der Waals surface area contributed by atoms with Crippen molar-refractivity contribution < 1.29 is 20.1 Å². The second-order valence-electron chi connectivity index (χ2n) is 9.20. The van der Waals surface area contributed by atoms with Crippen molar-refractivity contribution in [1.29, 1.82) is 0 Å². The largest absolute Gasteiger partial charge is 0.304 e. The van der Waals surface area contributed by atoms with E-state index in [1.54, 1.807) is 0 Å². The number of hydrogen-bond acceptors (Lipinski definition) is 3. The molecule has 2 aliphatic rings. The molecule has 171 valence electrons. The van der Waals surface area contributed by atoms with E-state index in [9.17, 15) is 0 Å². The van der Waals surface area contributed by atoms with Gasteiger partial charge in [0.05, 0.1) is 0 Å². The van der Waals surface area contributed by atoms with Crippen LogP contribution in [0.4, 0.5) is 0 Å². The molecule has 36 heavy (non-hydrogen) atoms. The van der Waals surface area contributed by atoms with Crippen LogP contribution >= 0.6 is 0 Å². The van der Waals surface area contributed by atoms with Crippen molar-refractivity contribution in [2.24, 2.45) is 0 Å². The van der Waals surface area contributed by atoms with Crippen LogP contribution < -0.4 is 0 Å². The maximum absolute atomic E-state index is 4.86. The molecule has 1 radical (unpaired) electrons. The molecule has 0 atom stereocenters. The van der Waals surface area contributed by atoms with Gasteiger partial charge in [0.2, 0.25) is 0 Å². The zero-order valence-corrected chi connectivity index (χ0v) is 21.5. The summed E-state index contributed by atoms with van der Waals surface area (Å²) in [7, 11) is 0. The molecule has 3 aromatic carbocycles. The van der Waals surface area contributed by atoms with Crippen molar-refractivity contribution in [3.05, 3.63) is 138 Å². The molecule has 8 rings (SSSR count). The number of pyridine rings is 3.